The van der Waals surface area contributed by atoms with Crippen molar-refractivity contribution in [2.45, 2.75) is 13.0 Å². The Morgan fingerprint density at radius 1 is 1.13 bits per heavy atom. The first kappa shape index (κ1) is 15.2. The second-order valence-electron chi connectivity index (χ2n) is 5.48. The summed E-state index contributed by atoms with van der Waals surface area (Å²) in [5, 5.41) is 0. The number of ether oxygens (including phenoxy) is 1. The molecule has 5 nitrogen and oxygen atoms in total. The van der Waals surface area contributed by atoms with Crippen molar-refractivity contribution in [3.63, 3.8) is 0 Å². The zero-order chi connectivity index (χ0) is 16.2. The van der Waals surface area contributed by atoms with Crippen LogP contribution in [0.3, 0.4) is 0 Å². The zero-order valence-corrected chi connectivity index (χ0v) is 12.7. The number of rotatable bonds is 5. The van der Waals surface area contributed by atoms with E-state index in [2.05, 4.69) is 0 Å². The predicted molar refractivity (Wildman–Crippen MR) is 87.1 cm³/mol. The Hall–Kier alpha value is -2.66. The standard InChI is InChI=1S/C18H18N2O3/c19-18(22)15-7-6-14-8-9-20(16(14)10-15)17(21)12-23-11-13-4-2-1-3-5-13/h1-7,10H,8-9,11-12H2,(H2,19,22). The van der Waals surface area contributed by atoms with Crippen LogP contribution in [-0.4, -0.2) is 25.0 Å². The lowest BCUT2D eigenvalue weighted by atomic mass is 10.1. The van der Waals surface area contributed by atoms with Gasteiger partial charge in [0.25, 0.3) is 5.91 Å². The first-order valence-electron chi connectivity index (χ1n) is 7.50. The number of hydrogen-bond acceptors (Lipinski definition) is 3. The van der Waals surface area contributed by atoms with Crippen LogP contribution in [0.1, 0.15) is 21.5 Å². The molecule has 2 aromatic carbocycles. The van der Waals surface area contributed by atoms with Crippen LogP contribution in [0.15, 0.2) is 48.5 Å². The molecule has 0 saturated carbocycles. The van der Waals surface area contributed by atoms with Gasteiger partial charge in [-0.05, 0) is 29.7 Å². The van der Waals surface area contributed by atoms with E-state index in [0.29, 0.717) is 18.7 Å². The van der Waals surface area contributed by atoms with E-state index in [1.54, 1.807) is 17.0 Å². The summed E-state index contributed by atoms with van der Waals surface area (Å²) >= 11 is 0. The minimum absolute atomic E-state index is 0.00906. The third-order valence-electron chi connectivity index (χ3n) is 3.90. The number of benzene rings is 2. The average molecular weight is 310 g/mol. The molecular formula is C18H18N2O3. The molecule has 0 radical (unpaired) electrons. The second-order valence-corrected chi connectivity index (χ2v) is 5.48. The van der Waals surface area contributed by atoms with E-state index in [-0.39, 0.29) is 12.5 Å². The Bertz CT molecular complexity index is 728. The van der Waals surface area contributed by atoms with E-state index in [1.807, 2.05) is 36.4 Å². The molecule has 0 saturated heterocycles. The molecule has 0 aliphatic carbocycles. The molecule has 23 heavy (non-hydrogen) atoms. The number of amides is 2. The van der Waals surface area contributed by atoms with Gasteiger partial charge in [-0.15, -0.1) is 0 Å². The molecule has 1 aliphatic rings. The minimum atomic E-state index is -0.493. The molecule has 2 aromatic rings. The number of carbonyl (C=O) groups is 2. The van der Waals surface area contributed by atoms with Crippen LogP contribution in [0.2, 0.25) is 0 Å². The molecule has 0 atom stereocenters. The summed E-state index contributed by atoms with van der Waals surface area (Å²) in [5.74, 6) is -0.603. The van der Waals surface area contributed by atoms with E-state index in [0.717, 1.165) is 23.2 Å². The van der Waals surface area contributed by atoms with Gasteiger partial charge in [0.15, 0.2) is 0 Å². The highest BCUT2D eigenvalue weighted by molar-refractivity contribution is 5.99. The number of nitrogens with zero attached hydrogens (tertiary/aromatic N) is 1. The first-order chi connectivity index (χ1) is 11.1. The summed E-state index contributed by atoms with van der Waals surface area (Å²) in [6, 6.07) is 14.9. The SMILES string of the molecule is NC(=O)c1ccc2c(c1)N(C(=O)COCc1ccccc1)CC2. The number of nitrogens with two attached hydrogens (primary N) is 1. The molecule has 118 valence electrons. The van der Waals surface area contributed by atoms with Gasteiger partial charge in [-0.25, -0.2) is 0 Å². The number of anilines is 1. The Labute approximate surface area is 134 Å². The molecule has 0 bridgehead atoms. The number of carbonyl (C=O) groups excluding carboxylic acids is 2. The maximum absolute atomic E-state index is 12.4. The maximum atomic E-state index is 12.4. The van der Waals surface area contributed by atoms with Crippen molar-refractivity contribution < 1.29 is 14.3 Å². The van der Waals surface area contributed by atoms with Crippen molar-refractivity contribution in [1.29, 1.82) is 0 Å². The molecular weight excluding hydrogens is 292 g/mol. The molecule has 3 rings (SSSR count). The van der Waals surface area contributed by atoms with Crippen LogP contribution in [0, 0.1) is 0 Å². The van der Waals surface area contributed by atoms with Crippen molar-refractivity contribution in [3.05, 3.63) is 65.2 Å². The number of primary amides is 1. The van der Waals surface area contributed by atoms with Crippen molar-refractivity contribution in [2.24, 2.45) is 5.73 Å². The Morgan fingerprint density at radius 3 is 2.65 bits per heavy atom. The fourth-order valence-corrected chi connectivity index (χ4v) is 2.70. The van der Waals surface area contributed by atoms with Gasteiger partial charge < -0.3 is 15.4 Å². The second kappa shape index (κ2) is 6.62. The van der Waals surface area contributed by atoms with Gasteiger partial charge in [-0.2, -0.15) is 0 Å². The topological polar surface area (TPSA) is 72.6 Å². The summed E-state index contributed by atoms with van der Waals surface area (Å²) in [5.41, 5.74) is 8.55. The van der Waals surface area contributed by atoms with Gasteiger partial charge in [-0.1, -0.05) is 36.4 Å². The van der Waals surface area contributed by atoms with Crippen molar-refractivity contribution in [1.82, 2.24) is 0 Å². The van der Waals surface area contributed by atoms with Crippen LogP contribution in [0.25, 0.3) is 0 Å². The fourth-order valence-electron chi connectivity index (χ4n) is 2.70. The molecule has 0 aromatic heterocycles. The van der Waals surface area contributed by atoms with Gasteiger partial charge >= 0.3 is 0 Å². The zero-order valence-electron chi connectivity index (χ0n) is 12.7. The molecule has 2 amide bonds. The maximum Gasteiger partial charge on any atom is 0.253 e. The van der Waals surface area contributed by atoms with E-state index in [4.69, 9.17) is 10.5 Å². The third kappa shape index (κ3) is 3.40. The summed E-state index contributed by atoms with van der Waals surface area (Å²) < 4.78 is 5.50. The van der Waals surface area contributed by atoms with Gasteiger partial charge in [0.05, 0.1) is 6.61 Å². The van der Waals surface area contributed by atoms with Gasteiger partial charge in [0.2, 0.25) is 5.91 Å². The molecule has 0 spiro atoms. The molecule has 2 N–H and O–H groups in total. The summed E-state index contributed by atoms with van der Waals surface area (Å²) in [6.45, 7) is 1.01. The Balaban J connectivity index is 1.63. The molecule has 1 heterocycles. The normalized spacial score (nSPS) is 13.0. The van der Waals surface area contributed by atoms with Gasteiger partial charge in [0, 0.05) is 17.8 Å². The molecule has 0 fully saturated rings. The van der Waals surface area contributed by atoms with Crippen LogP contribution in [-0.2, 0) is 22.6 Å². The smallest absolute Gasteiger partial charge is 0.253 e. The number of fused-ring (bicyclic) bond motifs is 1. The van der Waals surface area contributed by atoms with E-state index >= 15 is 0 Å². The quantitative estimate of drug-likeness (QED) is 0.916. The lowest BCUT2D eigenvalue weighted by molar-refractivity contribution is -0.123. The van der Waals surface area contributed by atoms with E-state index in [9.17, 15) is 9.59 Å². The van der Waals surface area contributed by atoms with Crippen LogP contribution in [0.4, 0.5) is 5.69 Å². The highest BCUT2D eigenvalue weighted by atomic mass is 16.5. The van der Waals surface area contributed by atoms with Crippen LogP contribution >= 0.6 is 0 Å². The summed E-state index contributed by atoms with van der Waals surface area (Å²) in [6.07, 6.45) is 0.777. The molecule has 0 unspecified atom stereocenters. The van der Waals surface area contributed by atoms with Gasteiger partial charge in [0.1, 0.15) is 6.61 Å². The fraction of sp³-hybridized carbons (Fsp3) is 0.222. The first-order valence-corrected chi connectivity index (χ1v) is 7.50. The Kier molecular flexibility index (Phi) is 4.39. The highest BCUT2D eigenvalue weighted by Crippen LogP contribution is 2.29. The Morgan fingerprint density at radius 2 is 1.91 bits per heavy atom. The predicted octanol–water partition coefficient (Wildman–Crippen LogP) is 1.89. The number of hydrogen-bond donors (Lipinski definition) is 1. The monoisotopic (exact) mass is 310 g/mol. The van der Waals surface area contributed by atoms with Crippen molar-refractivity contribution in [3.8, 4) is 0 Å². The van der Waals surface area contributed by atoms with Crippen LogP contribution in [0.5, 0.6) is 0 Å². The van der Waals surface area contributed by atoms with E-state index < -0.39 is 5.91 Å². The molecule has 5 heteroatoms. The highest BCUT2D eigenvalue weighted by Gasteiger charge is 2.25. The largest absolute Gasteiger partial charge is 0.367 e. The lowest BCUT2D eigenvalue weighted by Crippen LogP contribution is -2.32. The minimum Gasteiger partial charge on any atom is -0.367 e. The van der Waals surface area contributed by atoms with Gasteiger partial charge in [-0.3, -0.25) is 9.59 Å². The average Bonchev–Trinajstić information content (AvgIpc) is 2.98. The van der Waals surface area contributed by atoms with Crippen molar-refractivity contribution in [2.75, 3.05) is 18.1 Å². The van der Waals surface area contributed by atoms with Crippen LogP contribution < -0.4 is 10.6 Å². The molecule has 1 aliphatic heterocycles. The third-order valence-corrected chi connectivity index (χ3v) is 3.90. The summed E-state index contributed by atoms with van der Waals surface area (Å²) in [7, 11) is 0. The van der Waals surface area contributed by atoms with E-state index in [1.165, 1.54) is 0 Å². The summed E-state index contributed by atoms with van der Waals surface area (Å²) in [4.78, 5) is 25.3. The van der Waals surface area contributed by atoms with Crippen molar-refractivity contribution >= 4 is 17.5 Å². The lowest BCUT2D eigenvalue weighted by Gasteiger charge is -2.18.